The number of nitro benzene ring substituents is 1. The number of nitro groups is 1. The smallest absolute Gasteiger partial charge is 0.326 e. The molecule has 10 nitrogen and oxygen atoms in total. The summed E-state index contributed by atoms with van der Waals surface area (Å²) in [5.74, 6) is -2.98. The summed E-state index contributed by atoms with van der Waals surface area (Å²) in [7, 11) is 0. The van der Waals surface area contributed by atoms with Crippen molar-refractivity contribution in [2.75, 3.05) is 18.5 Å². The molecule has 1 aliphatic carbocycles. The fraction of sp³-hybridized carbons (Fsp3) is 0.474. The van der Waals surface area contributed by atoms with Crippen LogP contribution >= 0.6 is 0 Å². The molecule has 2 atom stereocenters. The molecule has 29 heavy (non-hydrogen) atoms. The number of amides is 3. The van der Waals surface area contributed by atoms with Gasteiger partial charge in [0.05, 0.1) is 16.8 Å². The highest BCUT2D eigenvalue weighted by atomic mass is 16.6. The minimum Gasteiger partial charge on any atom is -0.454 e. The molecule has 1 saturated heterocycles. The summed E-state index contributed by atoms with van der Waals surface area (Å²) in [4.78, 5) is 59.9. The fourth-order valence-electron chi connectivity index (χ4n) is 3.79. The van der Waals surface area contributed by atoms with Gasteiger partial charge in [-0.15, -0.1) is 0 Å². The first-order valence-corrected chi connectivity index (χ1v) is 9.33. The monoisotopic (exact) mass is 403 g/mol. The Hall–Kier alpha value is -3.30. The first kappa shape index (κ1) is 20.4. The molecule has 1 saturated carbocycles. The second-order valence-electron chi connectivity index (χ2n) is 7.23. The molecule has 1 aliphatic heterocycles. The number of nitrogens with one attached hydrogen (secondary N) is 1. The highest BCUT2D eigenvalue weighted by Crippen LogP contribution is 2.37. The largest absolute Gasteiger partial charge is 0.454 e. The SMILES string of the molecule is Cc1ccc(NC(=O)COC(=O)CN2C(=O)[C@@H]3CCCC[C@H]3C2=O)cc1[N+](=O)[O-]. The third-order valence-corrected chi connectivity index (χ3v) is 5.27. The lowest BCUT2D eigenvalue weighted by Crippen LogP contribution is -2.37. The number of anilines is 1. The summed E-state index contributed by atoms with van der Waals surface area (Å²) in [5.41, 5.74) is 0.490. The average Bonchev–Trinajstić information content (AvgIpc) is 2.93. The third kappa shape index (κ3) is 4.41. The van der Waals surface area contributed by atoms with E-state index < -0.39 is 30.0 Å². The number of carbonyl (C=O) groups is 4. The first-order valence-electron chi connectivity index (χ1n) is 9.33. The summed E-state index contributed by atoms with van der Waals surface area (Å²) in [6, 6.07) is 4.19. The van der Waals surface area contributed by atoms with Crippen molar-refractivity contribution in [3.8, 4) is 0 Å². The van der Waals surface area contributed by atoms with Crippen molar-refractivity contribution >= 4 is 35.1 Å². The second-order valence-corrected chi connectivity index (χ2v) is 7.23. The Bertz CT molecular complexity index is 859. The van der Waals surface area contributed by atoms with E-state index in [2.05, 4.69) is 5.32 Å². The van der Waals surface area contributed by atoms with Gasteiger partial charge in [0.15, 0.2) is 6.61 Å². The number of fused-ring (bicyclic) bond motifs is 1. The van der Waals surface area contributed by atoms with Gasteiger partial charge in [0.25, 0.3) is 11.6 Å². The zero-order valence-corrected chi connectivity index (χ0v) is 15.9. The number of nitrogens with zero attached hydrogens (tertiary/aromatic N) is 2. The van der Waals surface area contributed by atoms with Crippen LogP contribution in [0.4, 0.5) is 11.4 Å². The Balaban J connectivity index is 1.51. The Morgan fingerprint density at radius 3 is 2.41 bits per heavy atom. The first-order chi connectivity index (χ1) is 13.8. The zero-order valence-electron chi connectivity index (χ0n) is 15.9. The van der Waals surface area contributed by atoms with Gasteiger partial charge in [0.1, 0.15) is 6.54 Å². The molecule has 2 aliphatic rings. The van der Waals surface area contributed by atoms with E-state index in [9.17, 15) is 29.3 Å². The van der Waals surface area contributed by atoms with E-state index in [-0.39, 0.29) is 35.0 Å². The number of aryl methyl sites for hydroxylation is 1. The zero-order chi connectivity index (χ0) is 21.1. The molecule has 1 N–H and O–H groups in total. The molecule has 1 aromatic rings. The fourth-order valence-corrected chi connectivity index (χ4v) is 3.79. The van der Waals surface area contributed by atoms with E-state index in [0.717, 1.165) is 17.7 Å². The van der Waals surface area contributed by atoms with Gasteiger partial charge in [0, 0.05) is 17.3 Å². The standard InChI is InChI=1S/C19H21N3O7/c1-11-6-7-12(8-15(11)22(27)28)20-16(23)10-29-17(24)9-21-18(25)13-4-2-3-5-14(13)19(21)26/h6-8,13-14H,2-5,9-10H2,1H3,(H,20,23)/t13-,14-/m1/s1. The molecule has 10 heteroatoms. The van der Waals surface area contributed by atoms with Crippen molar-refractivity contribution in [2.24, 2.45) is 11.8 Å². The Labute approximate surface area is 166 Å². The van der Waals surface area contributed by atoms with E-state index in [1.165, 1.54) is 18.2 Å². The van der Waals surface area contributed by atoms with Crippen LogP contribution in [0.15, 0.2) is 18.2 Å². The normalized spacial score (nSPS) is 20.9. The van der Waals surface area contributed by atoms with E-state index in [1.807, 2.05) is 0 Å². The van der Waals surface area contributed by atoms with Gasteiger partial charge in [-0.05, 0) is 25.8 Å². The maximum atomic E-state index is 12.3. The summed E-state index contributed by atoms with van der Waals surface area (Å²) in [6.07, 6.45) is 3.06. The molecule has 154 valence electrons. The van der Waals surface area contributed by atoms with E-state index in [1.54, 1.807) is 6.92 Å². The number of rotatable bonds is 6. The Morgan fingerprint density at radius 1 is 1.21 bits per heavy atom. The van der Waals surface area contributed by atoms with Gasteiger partial charge in [-0.25, -0.2) is 0 Å². The lowest BCUT2D eigenvalue weighted by atomic mass is 9.81. The number of imide groups is 1. The van der Waals surface area contributed by atoms with Crippen LogP contribution in [0.1, 0.15) is 31.2 Å². The topological polar surface area (TPSA) is 136 Å². The van der Waals surface area contributed by atoms with E-state index in [0.29, 0.717) is 18.4 Å². The molecule has 1 aromatic carbocycles. The summed E-state index contributed by atoms with van der Waals surface area (Å²) >= 11 is 0. The predicted molar refractivity (Wildman–Crippen MR) is 99.6 cm³/mol. The van der Waals surface area contributed by atoms with E-state index in [4.69, 9.17) is 4.74 Å². The molecular formula is C19H21N3O7. The lowest BCUT2D eigenvalue weighted by molar-refractivity contribution is -0.385. The number of esters is 1. The van der Waals surface area contributed by atoms with Gasteiger partial charge in [0.2, 0.25) is 11.8 Å². The second kappa shape index (κ2) is 8.38. The molecule has 0 bridgehead atoms. The maximum absolute atomic E-state index is 12.3. The number of hydrogen-bond donors (Lipinski definition) is 1. The number of ether oxygens (including phenoxy) is 1. The molecule has 1 heterocycles. The summed E-state index contributed by atoms with van der Waals surface area (Å²) < 4.78 is 4.86. The molecule has 0 radical (unpaired) electrons. The van der Waals surface area contributed by atoms with Crippen molar-refractivity contribution in [3.63, 3.8) is 0 Å². The highest BCUT2D eigenvalue weighted by Gasteiger charge is 2.48. The highest BCUT2D eigenvalue weighted by molar-refractivity contribution is 6.07. The van der Waals surface area contributed by atoms with Crippen molar-refractivity contribution in [1.82, 2.24) is 4.90 Å². The predicted octanol–water partition coefficient (Wildman–Crippen LogP) is 1.56. The van der Waals surface area contributed by atoms with Gasteiger partial charge in [-0.2, -0.15) is 0 Å². The van der Waals surface area contributed by atoms with Crippen LogP contribution in [-0.2, 0) is 23.9 Å². The number of carbonyl (C=O) groups excluding carboxylic acids is 4. The summed E-state index contributed by atoms with van der Waals surface area (Å²) in [5, 5.41) is 13.4. The molecule has 0 spiro atoms. The maximum Gasteiger partial charge on any atom is 0.326 e. The quantitative estimate of drug-likeness (QED) is 0.329. The van der Waals surface area contributed by atoms with Crippen LogP contribution in [-0.4, -0.2) is 46.7 Å². The minimum absolute atomic E-state index is 0.146. The molecule has 2 fully saturated rings. The Morgan fingerprint density at radius 2 is 1.83 bits per heavy atom. The van der Waals surface area contributed by atoms with Gasteiger partial charge >= 0.3 is 5.97 Å². The third-order valence-electron chi connectivity index (χ3n) is 5.27. The van der Waals surface area contributed by atoms with Crippen molar-refractivity contribution < 1.29 is 28.8 Å². The lowest BCUT2D eigenvalue weighted by Gasteiger charge is -2.19. The van der Waals surface area contributed by atoms with Gasteiger partial charge in [-0.1, -0.05) is 18.9 Å². The van der Waals surface area contributed by atoms with Crippen LogP contribution < -0.4 is 5.32 Å². The molecule has 3 amide bonds. The molecular weight excluding hydrogens is 382 g/mol. The summed E-state index contributed by atoms with van der Waals surface area (Å²) in [6.45, 7) is 0.417. The van der Waals surface area contributed by atoms with Crippen molar-refractivity contribution in [2.45, 2.75) is 32.6 Å². The number of benzene rings is 1. The Kier molecular flexibility index (Phi) is 5.90. The molecule has 0 unspecified atom stereocenters. The van der Waals surface area contributed by atoms with Gasteiger partial charge in [-0.3, -0.25) is 34.2 Å². The number of hydrogen-bond acceptors (Lipinski definition) is 7. The van der Waals surface area contributed by atoms with Crippen LogP contribution in [0, 0.1) is 28.9 Å². The number of likely N-dealkylation sites (tertiary alicyclic amines) is 1. The van der Waals surface area contributed by atoms with Gasteiger partial charge < -0.3 is 10.1 Å². The van der Waals surface area contributed by atoms with E-state index >= 15 is 0 Å². The minimum atomic E-state index is -0.865. The van der Waals surface area contributed by atoms with Crippen LogP contribution in [0.3, 0.4) is 0 Å². The molecule has 0 aromatic heterocycles. The average molecular weight is 403 g/mol. The van der Waals surface area contributed by atoms with Crippen molar-refractivity contribution in [3.05, 3.63) is 33.9 Å². The molecule has 3 rings (SSSR count). The van der Waals surface area contributed by atoms with Crippen molar-refractivity contribution in [1.29, 1.82) is 0 Å². The van der Waals surface area contributed by atoms with Crippen LogP contribution in [0.5, 0.6) is 0 Å². The van der Waals surface area contributed by atoms with Crippen LogP contribution in [0.25, 0.3) is 0 Å². The van der Waals surface area contributed by atoms with Crippen LogP contribution in [0.2, 0.25) is 0 Å².